The first-order valence-electron chi connectivity index (χ1n) is 5.66. The van der Waals surface area contributed by atoms with Gasteiger partial charge in [0.25, 0.3) is 0 Å². The lowest BCUT2D eigenvalue weighted by Gasteiger charge is -2.13. The summed E-state index contributed by atoms with van der Waals surface area (Å²) in [6, 6.07) is 8.76. The summed E-state index contributed by atoms with van der Waals surface area (Å²) in [5.74, 6) is -0.846. The maximum Gasteiger partial charge on any atom is 0.326 e. The van der Waals surface area contributed by atoms with Gasteiger partial charge in [-0.15, -0.1) is 0 Å². The van der Waals surface area contributed by atoms with Crippen LogP contribution in [0.4, 0.5) is 0 Å². The second-order valence-electron chi connectivity index (χ2n) is 4.33. The van der Waals surface area contributed by atoms with E-state index in [4.69, 9.17) is 16.7 Å². The molecule has 94 valence electrons. The molecule has 0 fully saturated rings. The van der Waals surface area contributed by atoms with E-state index in [9.17, 15) is 4.79 Å². The molecule has 1 unspecified atom stereocenters. The fourth-order valence-electron chi connectivity index (χ4n) is 1.91. The molecular weight excluding hydrogens is 250 g/mol. The molecule has 4 heteroatoms. The summed E-state index contributed by atoms with van der Waals surface area (Å²) in [5, 5.41) is 9.78. The molecule has 0 spiro atoms. The van der Waals surface area contributed by atoms with E-state index in [-0.39, 0.29) is 0 Å². The van der Waals surface area contributed by atoms with Gasteiger partial charge in [0.2, 0.25) is 0 Å². The highest BCUT2D eigenvalue weighted by Crippen LogP contribution is 2.26. The number of halogens is 1. The van der Waals surface area contributed by atoms with Crippen molar-refractivity contribution in [3.8, 4) is 11.3 Å². The molecule has 0 radical (unpaired) electrons. The lowest BCUT2D eigenvalue weighted by Crippen LogP contribution is -2.15. The van der Waals surface area contributed by atoms with Crippen molar-refractivity contribution in [3.05, 3.63) is 47.1 Å². The van der Waals surface area contributed by atoms with Gasteiger partial charge < -0.3 is 9.67 Å². The molecular formula is C14H14ClNO2. The average Bonchev–Trinajstić information content (AvgIpc) is 2.71. The van der Waals surface area contributed by atoms with Crippen LogP contribution in [-0.4, -0.2) is 15.6 Å². The monoisotopic (exact) mass is 263 g/mol. The molecule has 0 aliphatic heterocycles. The van der Waals surface area contributed by atoms with E-state index in [1.165, 1.54) is 0 Å². The lowest BCUT2D eigenvalue weighted by molar-refractivity contribution is -0.140. The fourth-order valence-corrected chi connectivity index (χ4v) is 2.03. The second kappa shape index (κ2) is 4.86. The number of aromatic nitrogens is 1. The summed E-state index contributed by atoms with van der Waals surface area (Å²) in [4.78, 5) is 11.1. The normalized spacial score (nSPS) is 12.4. The average molecular weight is 264 g/mol. The smallest absolute Gasteiger partial charge is 0.326 e. The van der Waals surface area contributed by atoms with Crippen LogP contribution in [0.2, 0.25) is 5.02 Å². The van der Waals surface area contributed by atoms with E-state index in [0.717, 1.165) is 16.8 Å². The van der Waals surface area contributed by atoms with Gasteiger partial charge in [-0.3, -0.25) is 0 Å². The second-order valence-corrected chi connectivity index (χ2v) is 4.77. The van der Waals surface area contributed by atoms with Crippen molar-refractivity contribution < 1.29 is 9.90 Å². The van der Waals surface area contributed by atoms with Gasteiger partial charge in [-0.05, 0) is 43.2 Å². The van der Waals surface area contributed by atoms with E-state index in [0.29, 0.717) is 5.02 Å². The molecule has 1 aromatic carbocycles. The summed E-state index contributed by atoms with van der Waals surface area (Å²) < 4.78 is 1.76. The van der Waals surface area contributed by atoms with Crippen molar-refractivity contribution in [1.82, 2.24) is 4.57 Å². The van der Waals surface area contributed by atoms with Gasteiger partial charge in [0.05, 0.1) is 0 Å². The van der Waals surface area contributed by atoms with Crippen molar-refractivity contribution in [2.75, 3.05) is 0 Å². The third kappa shape index (κ3) is 2.41. The summed E-state index contributed by atoms with van der Waals surface area (Å²) in [5.41, 5.74) is 2.88. The number of hydrogen-bond donors (Lipinski definition) is 1. The highest BCUT2D eigenvalue weighted by Gasteiger charge is 2.17. The molecule has 2 rings (SSSR count). The summed E-state index contributed by atoms with van der Waals surface area (Å²) >= 11 is 5.86. The molecule has 0 bridgehead atoms. The van der Waals surface area contributed by atoms with Crippen molar-refractivity contribution >= 4 is 17.6 Å². The highest BCUT2D eigenvalue weighted by molar-refractivity contribution is 6.30. The number of benzene rings is 1. The Bertz CT molecular complexity index is 572. The van der Waals surface area contributed by atoms with Crippen LogP contribution in [0.15, 0.2) is 36.5 Å². The highest BCUT2D eigenvalue weighted by atomic mass is 35.5. The topological polar surface area (TPSA) is 42.2 Å². The van der Waals surface area contributed by atoms with E-state index >= 15 is 0 Å². The Morgan fingerprint density at radius 1 is 1.33 bits per heavy atom. The molecule has 0 saturated heterocycles. The number of nitrogens with zero attached hydrogens (tertiary/aromatic N) is 1. The van der Waals surface area contributed by atoms with Crippen molar-refractivity contribution in [2.45, 2.75) is 19.9 Å². The molecule has 0 amide bonds. The van der Waals surface area contributed by atoms with E-state index in [1.54, 1.807) is 23.6 Å². The lowest BCUT2D eigenvalue weighted by atomic mass is 10.1. The number of hydrogen-bond acceptors (Lipinski definition) is 1. The minimum atomic E-state index is -0.846. The number of carboxylic acids is 1. The Hall–Kier alpha value is -1.74. The Kier molecular flexibility index (Phi) is 3.43. The van der Waals surface area contributed by atoms with Gasteiger partial charge in [-0.2, -0.15) is 0 Å². The van der Waals surface area contributed by atoms with E-state index in [2.05, 4.69) is 0 Å². The van der Waals surface area contributed by atoms with Gasteiger partial charge in [-0.1, -0.05) is 23.7 Å². The van der Waals surface area contributed by atoms with Gasteiger partial charge in [0.1, 0.15) is 6.04 Å². The first-order chi connectivity index (χ1) is 8.49. The first-order valence-corrected chi connectivity index (χ1v) is 6.04. The van der Waals surface area contributed by atoms with Crippen LogP contribution < -0.4 is 0 Å². The number of carbonyl (C=O) groups is 1. The molecule has 1 N–H and O–H groups in total. The minimum absolute atomic E-state index is 0.593. The van der Waals surface area contributed by atoms with Crippen LogP contribution in [0.25, 0.3) is 11.3 Å². The Labute approximate surface area is 111 Å². The Balaban J connectivity index is 2.50. The first kappa shape index (κ1) is 12.7. The number of carboxylic acid groups (broad SMARTS) is 1. The van der Waals surface area contributed by atoms with Gasteiger partial charge in [0, 0.05) is 16.9 Å². The van der Waals surface area contributed by atoms with Crippen LogP contribution in [0, 0.1) is 6.92 Å². The molecule has 3 nitrogen and oxygen atoms in total. The maximum absolute atomic E-state index is 11.1. The zero-order valence-corrected chi connectivity index (χ0v) is 11.0. The molecule has 0 saturated carbocycles. The van der Waals surface area contributed by atoms with Gasteiger partial charge in [-0.25, -0.2) is 4.79 Å². The largest absolute Gasteiger partial charge is 0.480 e. The molecule has 2 aromatic rings. The van der Waals surface area contributed by atoms with Crippen molar-refractivity contribution in [1.29, 1.82) is 0 Å². The fraction of sp³-hybridized carbons (Fsp3) is 0.214. The standard InChI is InChI=1S/C14H14ClNO2/c1-9-7-13(11-3-5-12(15)6-4-11)16(8-9)10(2)14(17)18/h3-8,10H,1-2H3,(H,17,18). The number of aryl methyl sites for hydroxylation is 1. The maximum atomic E-state index is 11.1. The van der Waals surface area contributed by atoms with E-state index in [1.807, 2.05) is 31.3 Å². The number of rotatable bonds is 3. The molecule has 0 aliphatic carbocycles. The van der Waals surface area contributed by atoms with E-state index < -0.39 is 12.0 Å². The van der Waals surface area contributed by atoms with Crippen molar-refractivity contribution in [3.63, 3.8) is 0 Å². The predicted octanol–water partition coefficient (Wildman–Crippen LogP) is 3.76. The van der Waals surface area contributed by atoms with Crippen LogP contribution in [0.3, 0.4) is 0 Å². The zero-order valence-electron chi connectivity index (χ0n) is 10.2. The van der Waals surface area contributed by atoms with Crippen LogP contribution in [0.1, 0.15) is 18.5 Å². The minimum Gasteiger partial charge on any atom is -0.480 e. The molecule has 0 aliphatic rings. The van der Waals surface area contributed by atoms with Gasteiger partial charge in [0.15, 0.2) is 0 Å². The molecule has 1 heterocycles. The molecule has 1 aromatic heterocycles. The SMILES string of the molecule is Cc1cc(-c2ccc(Cl)cc2)n(C(C)C(=O)O)c1. The molecule has 18 heavy (non-hydrogen) atoms. The predicted molar refractivity (Wildman–Crippen MR) is 72.0 cm³/mol. The number of aliphatic carboxylic acids is 1. The van der Waals surface area contributed by atoms with Crippen LogP contribution in [0.5, 0.6) is 0 Å². The third-order valence-corrected chi connectivity index (χ3v) is 3.15. The summed E-state index contributed by atoms with van der Waals surface area (Å²) in [6.07, 6.45) is 1.85. The van der Waals surface area contributed by atoms with Crippen LogP contribution >= 0.6 is 11.6 Å². The Morgan fingerprint density at radius 3 is 2.50 bits per heavy atom. The molecule has 1 atom stereocenters. The van der Waals surface area contributed by atoms with Gasteiger partial charge >= 0.3 is 5.97 Å². The third-order valence-electron chi connectivity index (χ3n) is 2.90. The van der Waals surface area contributed by atoms with Crippen LogP contribution in [-0.2, 0) is 4.79 Å². The summed E-state index contributed by atoms with van der Waals surface area (Å²) in [6.45, 7) is 3.62. The summed E-state index contributed by atoms with van der Waals surface area (Å²) in [7, 11) is 0. The quantitative estimate of drug-likeness (QED) is 0.916. The Morgan fingerprint density at radius 2 is 1.94 bits per heavy atom. The zero-order chi connectivity index (χ0) is 13.3. The van der Waals surface area contributed by atoms with Crippen molar-refractivity contribution in [2.24, 2.45) is 0 Å².